The first-order chi connectivity index (χ1) is 6.95. The molecule has 0 saturated heterocycles. The van der Waals surface area contributed by atoms with Gasteiger partial charge in [-0.3, -0.25) is 0 Å². The van der Waals surface area contributed by atoms with Gasteiger partial charge in [-0.25, -0.2) is 0 Å². The second-order valence-electron chi connectivity index (χ2n) is 3.79. The van der Waals surface area contributed by atoms with Crippen molar-refractivity contribution in [2.75, 3.05) is 0 Å². The van der Waals surface area contributed by atoms with E-state index in [1.165, 1.54) is 12.8 Å². The number of hydrogen-bond acceptors (Lipinski definition) is 0. The first kappa shape index (κ1) is 9.26. The van der Waals surface area contributed by atoms with Gasteiger partial charge in [0.1, 0.15) is 0 Å². The molecule has 0 nitrogen and oxygen atoms in total. The van der Waals surface area contributed by atoms with E-state index in [4.69, 9.17) is 0 Å². The summed E-state index contributed by atoms with van der Waals surface area (Å²) in [6.45, 7) is 0. The third kappa shape index (κ3) is 2.59. The summed E-state index contributed by atoms with van der Waals surface area (Å²) in [6, 6.07) is 0. The Hall–Kier alpha value is -1.30. The lowest BCUT2D eigenvalue weighted by Gasteiger charge is -2.01. The van der Waals surface area contributed by atoms with Gasteiger partial charge in [0.05, 0.1) is 0 Å². The normalized spacial score (nSPS) is 20.9. The molecule has 0 aromatic heterocycles. The fourth-order valence-corrected chi connectivity index (χ4v) is 1.79. The topological polar surface area (TPSA) is 0 Å². The Morgan fingerprint density at radius 1 is 0.857 bits per heavy atom. The van der Waals surface area contributed by atoms with E-state index in [9.17, 15) is 0 Å². The quantitative estimate of drug-likeness (QED) is 0.583. The number of hydrogen-bond donors (Lipinski definition) is 0. The van der Waals surface area contributed by atoms with Gasteiger partial charge in [0.2, 0.25) is 0 Å². The molecular formula is C14H16. The van der Waals surface area contributed by atoms with Crippen molar-refractivity contribution in [3.05, 3.63) is 60.8 Å². The van der Waals surface area contributed by atoms with Crippen molar-refractivity contribution < 1.29 is 0 Å². The van der Waals surface area contributed by atoms with Crippen LogP contribution >= 0.6 is 0 Å². The highest BCUT2D eigenvalue weighted by Crippen LogP contribution is 2.16. The molecule has 0 N–H and O–H groups in total. The Morgan fingerprint density at radius 2 is 1.50 bits per heavy atom. The van der Waals surface area contributed by atoms with Crippen molar-refractivity contribution >= 4 is 0 Å². The van der Waals surface area contributed by atoms with E-state index >= 15 is 0 Å². The molecule has 0 aromatic carbocycles. The van der Waals surface area contributed by atoms with Crippen molar-refractivity contribution in [2.45, 2.75) is 12.8 Å². The van der Waals surface area contributed by atoms with Crippen LogP contribution in [-0.2, 0) is 0 Å². The molecule has 0 unspecified atom stereocenters. The maximum Gasteiger partial charge on any atom is 0.0133 e. The summed E-state index contributed by atoms with van der Waals surface area (Å²) < 4.78 is 0. The highest BCUT2D eigenvalue weighted by Gasteiger charge is 2.01. The first-order valence-electron chi connectivity index (χ1n) is 5.32. The third-order valence-corrected chi connectivity index (χ3v) is 2.63. The summed E-state index contributed by atoms with van der Waals surface area (Å²) in [4.78, 5) is 0. The standard InChI is InChI=1S/C14H16/c1-2-8-13(7-1)11-5-6-12-14-9-3-4-10-14/h1-5,7-11,13-14H,6,12H2/b11-5+. The Kier molecular flexibility index (Phi) is 3.18. The molecule has 0 aromatic rings. The van der Waals surface area contributed by atoms with Gasteiger partial charge in [-0.05, 0) is 18.8 Å². The van der Waals surface area contributed by atoms with E-state index in [1.54, 1.807) is 0 Å². The minimum Gasteiger partial charge on any atom is -0.0876 e. The maximum absolute atomic E-state index is 2.30. The van der Waals surface area contributed by atoms with E-state index < -0.39 is 0 Å². The van der Waals surface area contributed by atoms with Crippen LogP contribution in [0, 0.1) is 11.8 Å². The molecule has 0 fully saturated rings. The Bertz CT molecular complexity index is 289. The Labute approximate surface area is 86.0 Å². The predicted octanol–water partition coefficient (Wildman–Crippen LogP) is 3.81. The predicted molar refractivity (Wildman–Crippen MR) is 61.9 cm³/mol. The molecule has 0 saturated carbocycles. The minimum absolute atomic E-state index is 0.546. The Morgan fingerprint density at radius 3 is 2.21 bits per heavy atom. The highest BCUT2D eigenvalue weighted by atomic mass is 14.1. The Balaban J connectivity index is 1.67. The van der Waals surface area contributed by atoms with Crippen LogP contribution in [0.2, 0.25) is 0 Å². The molecular weight excluding hydrogens is 168 g/mol. The maximum atomic E-state index is 2.30. The zero-order chi connectivity index (χ0) is 9.64. The molecule has 0 radical (unpaired) electrons. The molecule has 2 rings (SSSR count). The summed E-state index contributed by atoms with van der Waals surface area (Å²) in [5.74, 6) is 1.22. The molecule has 2 aliphatic carbocycles. The van der Waals surface area contributed by atoms with Crippen LogP contribution in [0.1, 0.15) is 12.8 Å². The summed E-state index contributed by atoms with van der Waals surface area (Å²) in [6.07, 6.45) is 24.4. The monoisotopic (exact) mass is 184 g/mol. The smallest absolute Gasteiger partial charge is 0.0133 e. The van der Waals surface area contributed by atoms with Crippen LogP contribution in [-0.4, -0.2) is 0 Å². The lowest BCUT2D eigenvalue weighted by molar-refractivity contribution is 0.728. The van der Waals surface area contributed by atoms with Crippen molar-refractivity contribution in [1.82, 2.24) is 0 Å². The zero-order valence-electron chi connectivity index (χ0n) is 8.34. The first-order valence-corrected chi connectivity index (χ1v) is 5.32. The molecule has 0 atom stereocenters. The molecule has 0 heteroatoms. The fourth-order valence-electron chi connectivity index (χ4n) is 1.79. The van der Waals surface area contributed by atoms with Crippen molar-refractivity contribution in [2.24, 2.45) is 11.8 Å². The molecule has 0 spiro atoms. The summed E-state index contributed by atoms with van der Waals surface area (Å²) >= 11 is 0. The minimum atomic E-state index is 0.546. The number of allylic oxidation sites excluding steroid dienone is 10. The molecule has 0 amide bonds. The van der Waals surface area contributed by atoms with E-state index in [1.807, 2.05) is 0 Å². The summed E-state index contributed by atoms with van der Waals surface area (Å²) in [5, 5.41) is 0. The van der Waals surface area contributed by atoms with Crippen LogP contribution in [0.15, 0.2) is 60.8 Å². The van der Waals surface area contributed by atoms with Crippen LogP contribution < -0.4 is 0 Å². The average Bonchev–Trinajstić information content (AvgIpc) is 2.86. The van der Waals surface area contributed by atoms with Crippen LogP contribution in [0.25, 0.3) is 0 Å². The van der Waals surface area contributed by atoms with Gasteiger partial charge in [-0.1, -0.05) is 60.8 Å². The van der Waals surface area contributed by atoms with E-state index in [2.05, 4.69) is 60.8 Å². The van der Waals surface area contributed by atoms with Gasteiger partial charge in [0.15, 0.2) is 0 Å². The van der Waals surface area contributed by atoms with Gasteiger partial charge in [-0.15, -0.1) is 0 Å². The lowest BCUT2D eigenvalue weighted by atomic mass is 10.0. The second-order valence-corrected chi connectivity index (χ2v) is 3.79. The van der Waals surface area contributed by atoms with Crippen LogP contribution in [0.4, 0.5) is 0 Å². The SMILES string of the molecule is C1=CC(/C=C/CCC2C=CC=C2)C=C1. The van der Waals surface area contributed by atoms with Gasteiger partial charge in [0, 0.05) is 5.92 Å². The second kappa shape index (κ2) is 4.80. The van der Waals surface area contributed by atoms with Crippen LogP contribution in [0.5, 0.6) is 0 Å². The molecule has 0 aliphatic heterocycles. The molecule has 0 bridgehead atoms. The van der Waals surface area contributed by atoms with Crippen molar-refractivity contribution in [3.8, 4) is 0 Å². The summed E-state index contributed by atoms with van der Waals surface area (Å²) in [5.41, 5.74) is 0. The highest BCUT2D eigenvalue weighted by molar-refractivity contribution is 5.22. The molecule has 2 aliphatic rings. The van der Waals surface area contributed by atoms with Crippen molar-refractivity contribution in [3.63, 3.8) is 0 Å². The molecule has 14 heavy (non-hydrogen) atoms. The number of rotatable bonds is 4. The molecule has 0 heterocycles. The largest absolute Gasteiger partial charge is 0.0876 e. The van der Waals surface area contributed by atoms with Gasteiger partial charge < -0.3 is 0 Å². The molecule has 72 valence electrons. The lowest BCUT2D eigenvalue weighted by Crippen LogP contribution is -1.87. The van der Waals surface area contributed by atoms with E-state index in [-0.39, 0.29) is 0 Å². The van der Waals surface area contributed by atoms with E-state index in [0.717, 1.165) is 0 Å². The van der Waals surface area contributed by atoms with Gasteiger partial charge >= 0.3 is 0 Å². The fraction of sp³-hybridized carbons (Fsp3) is 0.286. The van der Waals surface area contributed by atoms with Gasteiger partial charge in [-0.2, -0.15) is 0 Å². The van der Waals surface area contributed by atoms with Crippen molar-refractivity contribution in [1.29, 1.82) is 0 Å². The average molecular weight is 184 g/mol. The van der Waals surface area contributed by atoms with E-state index in [0.29, 0.717) is 11.8 Å². The third-order valence-electron chi connectivity index (χ3n) is 2.63. The summed E-state index contributed by atoms with van der Waals surface area (Å²) in [7, 11) is 0. The van der Waals surface area contributed by atoms with Gasteiger partial charge in [0.25, 0.3) is 0 Å². The van der Waals surface area contributed by atoms with Crippen LogP contribution in [0.3, 0.4) is 0 Å². The zero-order valence-corrected chi connectivity index (χ0v) is 8.34.